The standard InChI is InChI=1S/2C10H7F3N2O.C7H7F3N2.C5H8O3/c1-5-9(16)15-7-4-2-3-6(8(7)14-5)10(11,12)13;1-5-9(16)15-8-6(10(11,12)13)3-2-4-7(8)14-5;8-7(9,10)4-2-1-3-5(11)6(4)12;1-3-8-5(7)4(2)6/h2*2-4H,1H3,(H,15,16);1-3H,11-12H2;3H2,1-2H3. The molecular formula is C32H29F9N6O5. The van der Waals surface area contributed by atoms with Crippen LogP contribution in [-0.2, 0) is 32.9 Å². The van der Waals surface area contributed by atoms with Gasteiger partial charge in [-0.2, -0.15) is 39.5 Å². The minimum absolute atomic E-state index is 0.0178. The fourth-order valence-electron chi connectivity index (χ4n) is 3.92. The van der Waals surface area contributed by atoms with E-state index >= 15 is 0 Å². The highest BCUT2D eigenvalue weighted by Gasteiger charge is 2.35. The molecule has 5 rings (SSSR count). The Morgan fingerprint density at radius 1 is 0.712 bits per heavy atom. The van der Waals surface area contributed by atoms with Gasteiger partial charge in [-0.15, -0.1) is 0 Å². The molecule has 0 aliphatic carbocycles. The number of nitrogen functional groups attached to an aromatic ring is 2. The van der Waals surface area contributed by atoms with Gasteiger partial charge in [-0.05, 0) is 57.2 Å². The van der Waals surface area contributed by atoms with Crippen molar-refractivity contribution in [1.82, 2.24) is 19.9 Å². The lowest BCUT2D eigenvalue weighted by Crippen LogP contribution is -2.15. The largest absolute Gasteiger partial charge is 0.460 e. The Bertz CT molecular complexity index is 2180. The van der Waals surface area contributed by atoms with Crippen LogP contribution in [0.4, 0.5) is 50.9 Å². The lowest BCUT2D eigenvalue weighted by molar-refractivity contribution is -0.152. The molecule has 0 atom stereocenters. The summed E-state index contributed by atoms with van der Waals surface area (Å²) in [5.74, 6) is -1.31. The van der Waals surface area contributed by atoms with Crippen molar-refractivity contribution in [3.63, 3.8) is 0 Å². The highest BCUT2D eigenvalue weighted by atomic mass is 19.4. The summed E-state index contributed by atoms with van der Waals surface area (Å²) in [6, 6.07) is 10.6. The fraction of sp³-hybridized carbons (Fsp3) is 0.250. The molecule has 0 saturated heterocycles. The number of Topliss-reactive ketones (excluding diaryl/α,β-unsaturated/α-hetero) is 1. The SMILES string of the molecule is CCOC(=O)C(C)=O.Cc1nc2c(C(F)(F)F)cccc2[nH]c1=O.Cc1nc2cccc(C(F)(F)F)c2[nH]c1=O.Nc1cccc(C(F)(F)F)c1N. The first-order valence-corrected chi connectivity index (χ1v) is 14.4. The van der Waals surface area contributed by atoms with E-state index in [1.54, 1.807) is 6.92 Å². The van der Waals surface area contributed by atoms with Gasteiger partial charge in [0.1, 0.15) is 11.4 Å². The second-order valence-electron chi connectivity index (χ2n) is 10.3. The average molecular weight is 749 g/mol. The number of nitrogens with one attached hydrogen (secondary N) is 2. The van der Waals surface area contributed by atoms with E-state index in [2.05, 4.69) is 24.7 Å². The third kappa shape index (κ3) is 11.3. The topological polar surface area (TPSA) is 187 Å². The highest BCUT2D eigenvalue weighted by molar-refractivity contribution is 6.32. The van der Waals surface area contributed by atoms with Crippen molar-refractivity contribution in [2.24, 2.45) is 0 Å². The summed E-state index contributed by atoms with van der Waals surface area (Å²) in [4.78, 5) is 54.7. The van der Waals surface area contributed by atoms with Gasteiger partial charge in [0.2, 0.25) is 5.78 Å². The molecule has 5 aromatic rings. The van der Waals surface area contributed by atoms with Crippen molar-refractivity contribution in [3.05, 3.63) is 103 Å². The number of esters is 1. The summed E-state index contributed by atoms with van der Waals surface area (Å²) in [6.07, 6.45) is -13.4. The van der Waals surface area contributed by atoms with Crippen LogP contribution in [0.5, 0.6) is 0 Å². The predicted molar refractivity (Wildman–Crippen MR) is 172 cm³/mol. The first kappa shape index (κ1) is 42.2. The number of hydrogen-bond donors (Lipinski definition) is 4. The number of para-hydroxylation sites is 3. The Hall–Kier alpha value is -5.95. The normalized spacial score (nSPS) is 11.3. The number of aromatic nitrogens is 4. The van der Waals surface area contributed by atoms with Crippen LogP contribution in [0.25, 0.3) is 22.1 Å². The monoisotopic (exact) mass is 748 g/mol. The molecule has 0 aliphatic heterocycles. The number of hydrogen-bond acceptors (Lipinski definition) is 9. The molecule has 11 nitrogen and oxygen atoms in total. The Kier molecular flexibility index (Phi) is 13.7. The van der Waals surface area contributed by atoms with E-state index in [0.717, 1.165) is 18.2 Å². The van der Waals surface area contributed by atoms with Crippen LogP contribution in [0.3, 0.4) is 0 Å². The number of carbonyl (C=O) groups is 2. The van der Waals surface area contributed by atoms with Crippen LogP contribution in [0.15, 0.2) is 64.2 Å². The lowest BCUT2D eigenvalue weighted by Gasteiger charge is -2.10. The predicted octanol–water partition coefficient (Wildman–Crippen LogP) is 6.51. The fourth-order valence-corrected chi connectivity index (χ4v) is 3.92. The van der Waals surface area contributed by atoms with Crippen LogP contribution in [0.1, 0.15) is 41.9 Å². The number of rotatable bonds is 2. The number of halogens is 9. The Morgan fingerprint density at radius 2 is 1.19 bits per heavy atom. The lowest BCUT2D eigenvalue weighted by atomic mass is 10.1. The molecule has 0 unspecified atom stereocenters. The van der Waals surface area contributed by atoms with Gasteiger partial charge in [0, 0.05) is 6.92 Å². The van der Waals surface area contributed by atoms with E-state index < -0.39 is 63.8 Å². The number of ketones is 1. The van der Waals surface area contributed by atoms with Gasteiger partial charge in [0.25, 0.3) is 11.1 Å². The number of aryl methyl sites for hydroxylation is 2. The number of alkyl halides is 9. The smallest absolute Gasteiger partial charge is 0.418 e. The Balaban J connectivity index is 0.000000248. The number of benzene rings is 3. The van der Waals surface area contributed by atoms with Crippen molar-refractivity contribution in [3.8, 4) is 0 Å². The number of H-pyrrole nitrogens is 2. The number of aromatic amines is 2. The molecule has 2 aromatic heterocycles. The summed E-state index contributed by atoms with van der Waals surface area (Å²) in [5.41, 5.74) is 6.04. The van der Waals surface area contributed by atoms with Crippen LogP contribution >= 0.6 is 0 Å². The second kappa shape index (κ2) is 16.8. The third-order valence-electron chi connectivity index (χ3n) is 6.41. The first-order valence-electron chi connectivity index (χ1n) is 14.4. The highest BCUT2D eigenvalue weighted by Crippen LogP contribution is 2.36. The van der Waals surface area contributed by atoms with Crippen molar-refractivity contribution in [1.29, 1.82) is 0 Å². The molecule has 52 heavy (non-hydrogen) atoms. The zero-order valence-electron chi connectivity index (χ0n) is 27.4. The van der Waals surface area contributed by atoms with Crippen LogP contribution in [0.2, 0.25) is 0 Å². The molecule has 280 valence electrons. The average Bonchev–Trinajstić information content (AvgIpc) is 3.02. The molecule has 6 N–H and O–H groups in total. The Morgan fingerprint density at radius 3 is 1.69 bits per heavy atom. The molecule has 3 aromatic carbocycles. The minimum Gasteiger partial charge on any atom is -0.460 e. The maximum Gasteiger partial charge on any atom is 0.418 e. The summed E-state index contributed by atoms with van der Waals surface area (Å²) in [6.45, 7) is 5.90. The molecular weight excluding hydrogens is 719 g/mol. The number of ether oxygens (including phenoxy) is 1. The molecule has 0 spiro atoms. The summed E-state index contributed by atoms with van der Waals surface area (Å²) in [7, 11) is 0. The number of nitrogens with zero attached hydrogens (tertiary/aromatic N) is 2. The van der Waals surface area contributed by atoms with Crippen molar-refractivity contribution < 1.29 is 53.8 Å². The van der Waals surface area contributed by atoms with Crippen LogP contribution in [-0.4, -0.2) is 38.3 Å². The van der Waals surface area contributed by atoms with Gasteiger partial charge in [-0.25, -0.2) is 14.8 Å². The van der Waals surface area contributed by atoms with Gasteiger partial charge in [-0.1, -0.05) is 18.2 Å². The molecule has 0 amide bonds. The second-order valence-corrected chi connectivity index (χ2v) is 10.3. The zero-order chi connectivity index (χ0) is 39.8. The Labute approximate surface area is 286 Å². The summed E-state index contributed by atoms with van der Waals surface area (Å²) >= 11 is 0. The number of nitrogens with two attached hydrogens (primary N) is 2. The van der Waals surface area contributed by atoms with Gasteiger partial charge < -0.3 is 26.2 Å². The quantitative estimate of drug-likeness (QED) is 0.0676. The maximum atomic E-state index is 12.6. The molecule has 20 heteroatoms. The molecule has 0 radical (unpaired) electrons. The van der Waals surface area contributed by atoms with E-state index in [1.165, 1.54) is 57.2 Å². The van der Waals surface area contributed by atoms with E-state index in [0.29, 0.717) is 0 Å². The number of anilines is 2. The first-order chi connectivity index (χ1) is 23.9. The van der Waals surface area contributed by atoms with E-state index in [4.69, 9.17) is 11.5 Å². The van der Waals surface area contributed by atoms with Gasteiger partial charge in [0.05, 0.1) is 56.7 Å². The molecule has 0 aliphatic rings. The molecule has 0 fully saturated rings. The summed E-state index contributed by atoms with van der Waals surface area (Å²) < 4.78 is 116. The van der Waals surface area contributed by atoms with Crippen molar-refractivity contribution in [2.75, 3.05) is 18.1 Å². The number of fused-ring (bicyclic) bond motifs is 2. The van der Waals surface area contributed by atoms with Crippen LogP contribution in [0, 0.1) is 13.8 Å². The van der Waals surface area contributed by atoms with E-state index in [1.807, 2.05) is 0 Å². The maximum absolute atomic E-state index is 12.6. The van der Waals surface area contributed by atoms with Crippen LogP contribution < -0.4 is 22.6 Å². The van der Waals surface area contributed by atoms with E-state index in [-0.39, 0.29) is 45.7 Å². The van der Waals surface area contributed by atoms with Crippen molar-refractivity contribution in [2.45, 2.75) is 46.2 Å². The summed E-state index contributed by atoms with van der Waals surface area (Å²) in [5, 5.41) is 0. The van der Waals surface area contributed by atoms with Gasteiger partial charge >= 0.3 is 24.5 Å². The van der Waals surface area contributed by atoms with Gasteiger partial charge in [-0.3, -0.25) is 14.4 Å². The van der Waals surface area contributed by atoms with Crippen molar-refractivity contribution >= 4 is 45.2 Å². The minimum atomic E-state index is -4.50. The van der Waals surface area contributed by atoms with Gasteiger partial charge in [0.15, 0.2) is 0 Å². The third-order valence-corrected chi connectivity index (χ3v) is 6.41. The molecule has 0 saturated carbocycles. The number of carbonyl (C=O) groups excluding carboxylic acids is 2. The molecule has 0 bridgehead atoms. The zero-order valence-corrected chi connectivity index (χ0v) is 27.4. The van der Waals surface area contributed by atoms with E-state index in [9.17, 15) is 58.7 Å². The molecule has 2 heterocycles.